The Balaban J connectivity index is 2.19. The minimum absolute atomic E-state index is 0.155. The maximum absolute atomic E-state index is 11.3. The average molecular weight is 238 g/mol. The zero-order valence-electron chi connectivity index (χ0n) is 8.73. The molecule has 0 unspecified atom stereocenters. The molecule has 0 amide bonds. The van der Waals surface area contributed by atoms with Gasteiger partial charge in [0.15, 0.2) is 5.78 Å². The summed E-state index contributed by atoms with van der Waals surface area (Å²) < 4.78 is 0.526. The molecule has 0 atom stereocenters. The van der Waals surface area contributed by atoms with Crippen LogP contribution in [0.1, 0.15) is 33.8 Å². The molecule has 15 heavy (non-hydrogen) atoms. The third-order valence-corrected chi connectivity index (χ3v) is 5.41. The molecule has 1 nitrogen and oxygen atoms in total. The molecular formula is C12H14OS2. The highest BCUT2D eigenvalue weighted by Crippen LogP contribution is 2.43. The van der Waals surface area contributed by atoms with Crippen LogP contribution in [-0.4, -0.2) is 17.3 Å². The van der Waals surface area contributed by atoms with E-state index < -0.39 is 0 Å². The van der Waals surface area contributed by atoms with Crippen LogP contribution in [0.2, 0.25) is 0 Å². The van der Waals surface area contributed by atoms with Crippen molar-refractivity contribution in [2.75, 3.05) is 11.5 Å². The summed E-state index contributed by atoms with van der Waals surface area (Å²) in [4.78, 5) is 11.3. The summed E-state index contributed by atoms with van der Waals surface area (Å²) in [7, 11) is 0. The first-order chi connectivity index (χ1) is 7.27. The Hall–Kier alpha value is -0.410. The number of hydrogen-bond donors (Lipinski definition) is 0. The van der Waals surface area contributed by atoms with E-state index in [4.69, 9.17) is 0 Å². The minimum atomic E-state index is 0.155. The second kappa shape index (κ2) is 5.08. The highest BCUT2D eigenvalue weighted by molar-refractivity contribution is 8.16. The molecule has 2 rings (SSSR count). The summed E-state index contributed by atoms with van der Waals surface area (Å²) in [6, 6.07) is 8.05. The predicted molar refractivity (Wildman–Crippen MR) is 68.7 cm³/mol. The molecule has 1 aromatic carbocycles. The highest BCUT2D eigenvalue weighted by Gasteiger charge is 2.16. The van der Waals surface area contributed by atoms with Crippen LogP contribution >= 0.6 is 23.5 Å². The summed E-state index contributed by atoms with van der Waals surface area (Å²) in [6.07, 6.45) is 1.30. The lowest BCUT2D eigenvalue weighted by Gasteiger charge is -2.21. The summed E-state index contributed by atoms with van der Waals surface area (Å²) >= 11 is 3.98. The molecule has 1 saturated heterocycles. The molecule has 1 fully saturated rings. The topological polar surface area (TPSA) is 17.1 Å². The normalized spacial score (nSPS) is 17.7. The van der Waals surface area contributed by atoms with Crippen LogP contribution in [0.3, 0.4) is 0 Å². The maximum atomic E-state index is 11.3. The SMILES string of the molecule is CC(=O)c1cccc(C2SCCCS2)c1. The van der Waals surface area contributed by atoms with Crippen molar-refractivity contribution in [2.24, 2.45) is 0 Å². The van der Waals surface area contributed by atoms with Gasteiger partial charge in [-0.1, -0.05) is 18.2 Å². The summed E-state index contributed by atoms with van der Waals surface area (Å²) in [5, 5.41) is 0. The van der Waals surface area contributed by atoms with E-state index in [-0.39, 0.29) is 5.78 Å². The van der Waals surface area contributed by atoms with Gasteiger partial charge in [-0.2, -0.15) is 0 Å². The third kappa shape index (κ3) is 2.79. The van der Waals surface area contributed by atoms with Crippen molar-refractivity contribution in [2.45, 2.75) is 17.9 Å². The molecular weight excluding hydrogens is 224 g/mol. The van der Waals surface area contributed by atoms with E-state index in [1.165, 1.54) is 23.5 Å². The fourth-order valence-corrected chi connectivity index (χ4v) is 4.46. The molecule has 80 valence electrons. The van der Waals surface area contributed by atoms with Gasteiger partial charge in [0.05, 0.1) is 4.58 Å². The lowest BCUT2D eigenvalue weighted by molar-refractivity contribution is 0.101. The monoisotopic (exact) mass is 238 g/mol. The number of benzene rings is 1. The maximum Gasteiger partial charge on any atom is 0.159 e. The van der Waals surface area contributed by atoms with Crippen LogP contribution in [0.25, 0.3) is 0 Å². The van der Waals surface area contributed by atoms with Crippen molar-refractivity contribution < 1.29 is 4.79 Å². The molecule has 3 heteroatoms. The van der Waals surface area contributed by atoms with E-state index in [0.717, 1.165) is 5.56 Å². The molecule has 0 radical (unpaired) electrons. The van der Waals surface area contributed by atoms with Crippen molar-refractivity contribution in [3.8, 4) is 0 Å². The Morgan fingerprint density at radius 2 is 2.07 bits per heavy atom. The summed E-state index contributed by atoms with van der Waals surface area (Å²) in [6.45, 7) is 1.63. The van der Waals surface area contributed by atoms with Crippen LogP contribution in [0.4, 0.5) is 0 Å². The van der Waals surface area contributed by atoms with Gasteiger partial charge in [-0.3, -0.25) is 4.79 Å². The lowest BCUT2D eigenvalue weighted by atomic mass is 10.1. The molecule has 1 aromatic rings. The smallest absolute Gasteiger partial charge is 0.159 e. The third-order valence-electron chi connectivity index (χ3n) is 2.39. The second-order valence-corrected chi connectivity index (χ2v) is 6.33. The molecule has 1 aliphatic rings. The molecule has 0 saturated carbocycles. The van der Waals surface area contributed by atoms with Crippen molar-refractivity contribution in [1.29, 1.82) is 0 Å². The second-order valence-electron chi connectivity index (χ2n) is 3.61. The number of Topliss-reactive ketones (excluding diaryl/α,β-unsaturated/α-hetero) is 1. The van der Waals surface area contributed by atoms with Crippen LogP contribution < -0.4 is 0 Å². The lowest BCUT2D eigenvalue weighted by Crippen LogP contribution is -2.01. The molecule has 0 bridgehead atoms. The summed E-state index contributed by atoms with van der Waals surface area (Å²) in [5.74, 6) is 2.63. The Morgan fingerprint density at radius 3 is 2.73 bits per heavy atom. The fraction of sp³-hybridized carbons (Fsp3) is 0.417. The van der Waals surface area contributed by atoms with Crippen LogP contribution in [0, 0.1) is 0 Å². The number of rotatable bonds is 2. The number of carbonyl (C=O) groups excluding carboxylic acids is 1. The Bertz CT molecular complexity index is 356. The first-order valence-electron chi connectivity index (χ1n) is 5.11. The quantitative estimate of drug-likeness (QED) is 0.730. The molecule has 0 spiro atoms. The van der Waals surface area contributed by atoms with Gasteiger partial charge in [0.1, 0.15) is 0 Å². The molecule has 0 aliphatic carbocycles. The van der Waals surface area contributed by atoms with E-state index in [1.807, 2.05) is 41.7 Å². The fourth-order valence-electron chi connectivity index (χ4n) is 1.58. The number of carbonyl (C=O) groups is 1. The van der Waals surface area contributed by atoms with Crippen molar-refractivity contribution in [1.82, 2.24) is 0 Å². The van der Waals surface area contributed by atoms with Gasteiger partial charge in [-0.15, -0.1) is 23.5 Å². The van der Waals surface area contributed by atoms with Crippen LogP contribution in [-0.2, 0) is 0 Å². The Morgan fingerprint density at radius 1 is 1.33 bits per heavy atom. The largest absolute Gasteiger partial charge is 0.295 e. The predicted octanol–water partition coefficient (Wildman–Crippen LogP) is 3.76. The Labute approximate surface area is 99.0 Å². The molecule has 0 N–H and O–H groups in total. The first kappa shape index (κ1) is 11.1. The van der Waals surface area contributed by atoms with Gasteiger partial charge in [0.25, 0.3) is 0 Å². The zero-order valence-corrected chi connectivity index (χ0v) is 10.4. The van der Waals surface area contributed by atoms with Crippen molar-refractivity contribution in [3.63, 3.8) is 0 Å². The standard InChI is InChI=1S/C12H14OS2/c1-9(13)10-4-2-5-11(8-10)12-14-6-3-7-15-12/h2,4-5,8,12H,3,6-7H2,1H3. The number of ketones is 1. The Kier molecular flexibility index (Phi) is 3.76. The van der Waals surface area contributed by atoms with Gasteiger partial charge < -0.3 is 0 Å². The number of hydrogen-bond acceptors (Lipinski definition) is 3. The van der Waals surface area contributed by atoms with E-state index in [0.29, 0.717) is 4.58 Å². The van der Waals surface area contributed by atoms with Gasteiger partial charge in [-0.05, 0) is 36.5 Å². The van der Waals surface area contributed by atoms with Crippen LogP contribution in [0.15, 0.2) is 24.3 Å². The van der Waals surface area contributed by atoms with E-state index >= 15 is 0 Å². The molecule has 0 aromatic heterocycles. The first-order valence-corrected chi connectivity index (χ1v) is 7.21. The minimum Gasteiger partial charge on any atom is -0.295 e. The van der Waals surface area contributed by atoms with E-state index in [1.54, 1.807) is 6.92 Å². The average Bonchev–Trinajstić information content (AvgIpc) is 2.30. The van der Waals surface area contributed by atoms with Gasteiger partial charge in [0.2, 0.25) is 0 Å². The van der Waals surface area contributed by atoms with Crippen molar-refractivity contribution in [3.05, 3.63) is 35.4 Å². The van der Waals surface area contributed by atoms with Gasteiger partial charge in [0, 0.05) is 5.56 Å². The van der Waals surface area contributed by atoms with Gasteiger partial charge >= 0.3 is 0 Å². The van der Waals surface area contributed by atoms with E-state index in [9.17, 15) is 4.79 Å². The molecule has 1 aliphatic heterocycles. The number of thioether (sulfide) groups is 2. The zero-order chi connectivity index (χ0) is 10.7. The summed E-state index contributed by atoms with van der Waals surface area (Å²) in [5.41, 5.74) is 2.12. The van der Waals surface area contributed by atoms with E-state index in [2.05, 4.69) is 6.07 Å². The van der Waals surface area contributed by atoms with Gasteiger partial charge in [-0.25, -0.2) is 0 Å². The molecule has 1 heterocycles. The van der Waals surface area contributed by atoms with Crippen LogP contribution in [0.5, 0.6) is 0 Å². The highest BCUT2D eigenvalue weighted by atomic mass is 32.2. The van der Waals surface area contributed by atoms with Crippen molar-refractivity contribution >= 4 is 29.3 Å².